The predicted molar refractivity (Wildman–Crippen MR) is 84.4 cm³/mol. The van der Waals surface area contributed by atoms with Gasteiger partial charge in [0.15, 0.2) is 0 Å². The van der Waals surface area contributed by atoms with Crippen molar-refractivity contribution in [2.45, 2.75) is 45.8 Å². The van der Waals surface area contributed by atoms with Crippen molar-refractivity contribution in [2.24, 2.45) is 5.92 Å². The zero-order valence-corrected chi connectivity index (χ0v) is 13.7. The second-order valence-electron chi connectivity index (χ2n) is 6.81. The van der Waals surface area contributed by atoms with Gasteiger partial charge in [0.1, 0.15) is 5.60 Å². The summed E-state index contributed by atoms with van der Waals surface area (Å²) in [5.74, 6) is 0.378. The van der Waals surface area contributed by atoms with Crippen LogP contribution in [-0.2, 0) is 16.1 Å². The van der Waals surface area contributed by atoms with E-state index in [9.17, 15) is 4.79 Å². The molecule has 2 heterocycles. The van der Waals surface area contributed by atoms with E-state index in [1.54, 1.807) is 17.3 Å². The Balaban J connectivity index is 1.75. The largest absolute Gasteiger partial charge is 0.444 e. The summed E-state index contributed by atoms with van der Waals surface area (Å²) in [7, 11) is 0. The van der Waals surface area contributed by atoms with E-state index in [1.165, 1.54) is 0 Å². The number of aromatic nitrogens is 1. The third-order valence-corrected chi connectivity index (χ3v) is 3.54. The number of hydrogen-bond donors (Lipinski definition) is 0. The molecule has 2 rings (SSSR count). The van der Waals surface area contributed by atoms with Crippen LogP contribution in [-0.4, -0.2) is 41.3 Å². The summed E-state index contributed by atoms with van der Waals surface area (Å²) in [6.45, 7) is 8.42. The van der Waals surface area contributed by atoms with Gasteiger partial charge in [-0.05, 0) is 51.3 Å². The summed E-state index contributed by atoms with van der Waals surface area (Å²) < 4.78 is 11.2. The molecule has 1 atom stereocenters. The average Bonchev–Trinajstić information content (AvgIpc) is 2.47. The van der Waals surface area contributed by atoms with Gasteiger partial charge in [0, 0.05) is 31.4 Å². The zero-order chi connectivity index (χ0) is 16.0. The number of likely N-dealkylation sites (tertiary alicyclic amines) is 1. The number of pyridine rings is 1. The van der Waals surface area contributed by atoms with E-state index in [-0.39, 0.29) is 6.09 Å². The average molecular weight is 306 g/mol. The first-order valence-corrected chi connectivity index (χ1v) is 7.88. The van der Waals surface area contributed by atoms with Crippen LogP contribution in [0.1, 0.15) is 39.2 Å². The van der Waals surface area contributed by atoms with E-state index >= 15 is 0 Å². The Bertz CT molecular complexity index is 471. The lowest BCUT2D eigenvalue weighted by Gasteiger charge is -2.34. The van der Waals surface area contributed by atoms with Crippen molar-refractivity contribution < 1.29 is 14.3 Å². The lowest BCUT2D eigenvalue weighted by atomic mass is 9.99. The summed E-state index contributed by atoms with van der Waals surface area (Å²) in [5, 5.41) is 0. The van der Waals surface area contributed by atoms with Gasteiger partial charge in [-0.2, -0.15) is 0 Å². The molecule has 5 heteroatoms. The molecule has 1 fully saturated rings. The second-order valence-corrected chi connectivity index (χ2v) is 6.81. The highest BCUT2D eigenvalue weighted by Crippen LogP contribution is 2.20. The quantitative estimate of drug-likeness (QED) is 0.857. The van der Waals surface area contributed by atoms with Crippen molar-refractivity contribution in [1.82, 2.24) is 9.88 Å². The Labute approximate surface area is 132 Å². The normalized spacial score (nSPS) is 19.0. The summed E-state index contributed by atoms with van der Waals surface area (Å²) in [6, 6.07) is 3.90. The molecule has 1 aromatic rings. The predicted octanol–water partition coefficient (Wildman–Crippen LogP) is 3.25. The molecule has 1 amide bonds. The lowest BCUT2D eigenvalue weighted by Crippen LogP contribution is -2.43. The molecule has 1 saturated heterocycles. The molecule has 0 bridgehead atoms. The minimum absolute atomic E-state index is 0.216. The number of nitrogens with zero attached hydrogens (tertiary/aromatic N) is 2. The number of rotatable bonds is 4. The van der Waals surface area contributed by atoms with Gasteiger partial charge in [0.05, 0.1) is 13.2 Å². The third kappa shape index (κ3) is 5.64. The lowest BCUT2D eigenvalue weighted by molar-refractivity contribution is 0.00592. The summed E-state index contributed by atoms with van der Waals surface area (Å²) in [5.41, 5.74) is 0.678. The topological polar surface area (TPSA) is 51.7 Å². The Morgan fingerprint density at radius 1 is 1.36 bits per heavy atom. The molecule has 0 radical (unpaired) electrons. The van der Waals surface area contributed by atoms with Gasteiger partial charge in [0.25, 0.3) is 0 Å². The first-order valence-electron chi connectivity index (χ1n) is 7.88. The fourth-order valence-corrected chi connectivity index (χ4v) is 2.52. The summed E-state index contributed by atoms with van der Waals surface area (Å²) >= 11 is 0. The van der Waals surface area contributed by atoms with E-state index in [0.717, 1.165) is 24.9 Å². The Kier molecular flexibility index (Phi) is 5.77. The maximum Gasteiger partial charge on any atom is 0.410 e. The Morgan fingerprint density at radius 3 is 2.77 bits per heavy atom. The molecule has 1 aliphatic heterocycles. The van der Waals surface area contributed by atoms with Crippen LogP contribution in [0.3, 0.4) is 0 Å². The summed E-state index contributed by atoms with van der Waals surface area (Å²) in [6.07, 6.45) is 5.41. The highest BCUT2D eigenvalue weighted by molar-refractivity contribution is 5.68. The molecule has 0 aromatic carbocycles. The maximum absolute atomic E-state index is 12.1. The Hall–Kier alpha value is -1.62. The maximum atomic E-state index is 12.1. The van der Waals surface area contributed by atoms with Crippen molar-refractivity contribution in [2.75, 3.05) is 19.7 Å². The Morgan fingerprint density at radius 2 is 2.09 bits per heavy atom. The van der Waals surface area contributed by atoms with Crippen LogP contribution >= 0.6 is 0 Å². The standard InChI is InChI=1S/C17H26N2O3/c1-17(2,3)22-16(20)19-10-4-5-15(11-19)13-21-12-14-6-8-18-9-7-14/h6-9,15H,4-5,10-13H2,1-3H3. The van der Waals surface area contributed by atoms with Crippen LogP contribution in [0, 0.1) is 5.92 Å². The van der Waals surface area contributed by atoms with Crippen LogP contribution in [0.2, 0.25) is 0 Å². The molecular weight excluding hydrogens is 280 g/mol. The monoisotopic (exact) mass is 306 g/mol. The number of piperidine rings is 1. The van der Waals surface area contributed by atoms with Crippen molar-refractivity contribution in [3.05, 3.63) is 30.1 Å². The van der Waals surface area contributed by atoms with Gasteiger partial charge >= 0.3 is 6.09 Å². The smallest absolute Gasteiger partial charge is 0.410 e. The number of amides is 1. The van der Waals surface area contributed by atoms with Crippen LogP contribution in [0.4, 0.5) is 4.79 Å². The van der Waals surface area contributed by atoms with Crippen molar-refractivity contribution >= 4 is 6.09 Å². The molecule has 1 aromatic heterocycles. The van der Waals surface area contributed by atoms with E-state index in [4.69, 9.17) is 9.47 Å². The van der Waals surface area contributed by atoms with E-state index in [1.807, 2.05) is 32.9 Å². The number of hydrogen-bond acceptors (Lipinski definition) is 4. The highest BCUT2D eigenvalue weighted by atomic mass is 16.6. The highest BCUT2D eigenvalue weighted by Gasteiger charge is 2.27. The first-order chi connectivity index (χ1) is 10.4. The second kappa shape index (κ2) is 7.58. The summed E-state index contributed by atoms with van der Waals surface area (Å²) in [4.78, 5) is 17.9. The van der Waals surface area contributed by atoms with Gasteiger partial charge in [-0.25, -0.2) is 4.79 Å². The van der Waals surface area contributed by atoms with Crippen LogP contribution < -0.4 is 0 Å². The number of ether oxygens (including phenoxy) is 2. The molecule has 122 valence electrons. The zero-order valence-electron chi connectivity index (χ0n) is 13.7. The third-order valence-electron chi connectivity index (χ3n) is 3.54. The molecule has 0 spiro atoms. The van der Waals surface area contributed by atoms with E-state index in [2.05, 4.69) is 4.98 Å². The number of carbonyl (C=O) groups is 1. The van der Waals surface area contributed by atoms with Crippen molar-refractivity contribution in [3.63, 3.8) is 0 Å². The van der Waals surface area contributed by atoms with Crippen molar-refractivity contribution in [1.29, 1.82) is 0 Å². The van der Waals surface area contributed by atoms with Crippen LogP contribution in [0.5, 0.6) is 0 Å². The molecule has 0 saturated carbocycles. The van der Waals surface area contributed by atoms with Crippen LogP contribution in [0.15, 0.2) is 24.5 Å². The molecule has 0 aliphatic carbocycles. The van der Waals surface area contributed by atoms with Crippen molar-refractivity contribution in [3.8, 4) is 0 Å². The molecule has 22 heavy (non-hydrogen) atoms. The molecule has 5 nitrogen and oxygen atoms in total. The van der Waals surface area contributed by atoms with E-state index in [0.29, 0.717) is 25.7 Å². The molecule has 1 unspecified atom stereocenters. The van der Waals surface area contributed by atoms with Gasteiger partial charge in [0.2, 0.25) is 0 Å². The molecular formula is C17H26N2O3. The van der Waals surface area contributed by atoms with E-state index < -0.39 is 5.60 Å². The molecule has 0 N–H and O–H groups in total. The minimum atomic E-state index is -0.443. The minimum Gasteiger partial charge on any atom is -0.444 e. The number of carbonyl (C=O) groups excluding carboxylic acids is 1. The van der Waals surface area contributed by atoms with Gasteiger partial charge in [-0.3, -0.25) is 4.98 Å². The first kappa shape index (κ1) is 16.7. The van der Waals surface area contributed by atoms with Crippen LogP contribution in [0.25, 0.3) is 0 Å². The van der Waals surface area contributed by atoms with Gasteiger partial charge in [-0.1, -0.05) is 0 Å². The fraction of sp³-hybridized carbons (Fsp3) is 0.647. The van der Waals surface area contributed by atoms with Gasteiger partial charge in [-0.15, -0.1) is 0 Å². The SMILES string of the molecule is CC(C)(C)OC(=O)N1CCCC(COCc2ccncc2)C1. The fourth-order valence-electron chi connectivity index (χ4n) is 2.52. The molecule has 1 aliphatic rings. The van der Waals surface area contributed by atoms with Gasteiger partial charge < -0.3 is 14.4 Å².